The predicted octanol–water partition coefficient (Wildman–Crippen LogP) is 4.09. The van der Waals surface area contributed by atoms with Gasteiger partial charge in [-0.3, -0.25) is 9.59 Å². The number of carbonyl (C=O) groups is 2. The molecular weight excluding hydrogens is 340 g/mol. The molecule has 3 aromatic rings. The Kier molecular flexibility index (Phi) is 5.35. The zero-order chi connectivity index (χ0) is 19.4. The van der Waals surface area contributed by atoms with Gasteiger partial charge in [0.15, 0.2) is 0 Å². The number of anilines is 2. The highest BCUT2D eigenvalue weighted by molar-refractivity contribution is 6.05. The number of nitrogens with one attached hydrogen (secondary N) is 2. The molecule has 3 rings (SSSR count). The van der Waals surface area contributed by atoms with Crippen molar-refractivity contribution in [3.63, 3.8) is 0 Å². The number of carbonyl (C=O) groups excluding carboxylic acids is 2. The molecular formula is C21H22N4O2. The number of para-hydroxylation sites is 1. The Bertz CT molecular complexity index is 991. The van der Waals surface area contributed by atoms with Gasteiger partial charge in [0.25, 0.3) is 5.91 Å². The molecule has 0 aliphatic carbocycles. The minimum absolute atomic E-state index is 0.0752. The topological polar surface area (TPSA) is 76.0 Å². The van der Waals surface area contributed by atoms with Crippen molar-refractivity contribution in [2.45, 2.75) is 27.2 Å². The first kappa shape index (κ1) is 18.4. The number of amides is 2. The lowest BCUT2D eigenvalue weighted by Crippen LogP contribution is -2.14. The van der Waals surface area contributed by atoms with E-state index in [-0.39, 0.29) is 11.8 Å². The lowest BCUT2D eigenvalue weighted by molar-refractivity contribution is -0.115. The van der Waals surface area contributed by atoms with Gasteiger partial charge in [-0.25, -0.2) is 4.68 Å². The Hall–Kier alpha value is -3.41. The molecule has 0 aliphatic rings. The zero-order valence-corrected chi connectivity index (χ0v) is 15.6. The van der Waals surface area contributed by atoms with Gasteiger partial charge in [-0.15, -0.1) is 0 Å². The molecule has 0 spiro atoms. The minimum Gasteiger partial charge on any atom is -0.326 e. The van der Waals surface area contributed by atoms with Crippen molar-refractivity contribution in [2.75, 3.05) is 10.6 Å². The van der Waals surface area contributed by atoms with E-state index in [9.17, 15) is 9.59 Å². The zero-order valence-electron chi connectivity index (χ0n) is 15.6. The normalized spacial score (nSPS) is 10.5. The van der Waals surface area contributed by atoms with Gasteiger partial charge in [0, 0.05) is 17.8 Å². The third-order valence-electron chi connectivity index (χ3n) is 4.32. The number of benzene rings is 2. The van der Waals surface area contributed by atoms with Crippen molar-refractivity contribution in [2.24, 2.45) is 0 Å². The molecule has 0 atom stereocenters. The molecule has 2 amide bonds. The molecule has 0 aliphatic heterocycles. The molecule has 138 valence electrons. The highest BCUT2D eigenvalue weighted by Gasteiger charge is 2.16. The first-order valence-corrected chi connectivity index (χ1v) is 8.81. The second-order valence-corrected chi connectivity index (χ2v) is 6.28. The Morgan fingerprint density at radius 3 is 2.41 bits per heavy atom. The Morgan fingerprint density at radius 1 is 1.00 bits per heavy atom. The van der Waals surface area contributed by atoms with E-state index >= 15 is 0 Å². The molecule has 1 heterocycles. The predicted molar refractivity (Wildman–Crippen MR) is 106 cm³/mol. The molecule has 0 unspecified atom stereocenters. The highest BCUT2D eigenvalue weighted by atomic mass is 16.2. The van der Waals surface area contributed by atoms with Crippen molar-refractivity contribution >= 4 is 23.2 Å². The fourth-order valence-corrected chi connectivity index (χ4v) is 2.80. The Morgan fingerprint density at radius 2 is 1.70 bits per heavy atom. The number of hydrogen-bond acceptors (Lipinski definition) is 3. The summed E-state index contributed by atoms with van der Waals surface area (Å²) in [6.07, 6.45) is 1.97. The summed E-state index contributed by atoms with van der Waals surface area (Å²) in [6.45, 7) is 5.66. The smallest absolute Gasteiger partial charge is 0.259 e. The van der Waals surface area contributed by atoms with Crippen LogP contribution in [0, 0.1) is 13.8 Å². The lowest BCUT2D eigenvalue weighted by Gasteiger charge is -2.10. The molecule has 27 heavy (non-hydrogen) atoms. The third kappa shape index (κ3) is 4.06. The van der Waals surface area contributed by atoms with Crippen molar-refractivity contribution < 1.29 is 9.59 Å². The van der Waals surface area contributed by atoms with E-state index in [0.29, 0.717) is 23.4 Å². The summed E-state index contributed by atoms with van der Waals surface area (Å²) in [5.41, 5.74) is 4.54. The van der Waals surface area contributed by atoms with Crippen molar-refractivity contribution in [3.8, 4) is 5.69 Å². The SMILES string of the molecule is CCC(=O)Nc1cccc(NC(=O)c2cnn(-c3ccccc3C)c2C)c1. The summed E-state index contributed by atoms with van der Waals surface area (Å²) >= 11 is 0. The molecule has 2 aromatic carbocycles. The molecule has 0 saturated heterocycles. The van der Waals surface area contributed by atoms with Crippen molar-refractivity contribution in [1.29, 1.82) is 0 Å². The van der Waals surface area contributed by atoms with Crippen LogP contribution in [0.3, 0.4) is 0 Å². The molecule has 0 fully saturated rings. The van der Waals surface area contributed by atoms with Gasteiger partial charge in [-0.05, 0) is 43.7 Å². The maximum Gasteiger partial charge on any atom is 0.259 e. The van der Waals surface area contributed by atoms with E-state index in [2.05, 4.69) is 15.7 Å². The van der Waals surface area contributed by atoms with Gasteiger partial charge in [0.05, 0.1) is 23.1 Å². The standard InChI is InChI=1S/C21H22N4O2/c1-4-20(26)23-16-9-7-10-17(12-16)24-21(27)18-13-22-25(15(18)3)19-11-6-5-8-14(19)2/h5-13H,4H2,1-3H3,(H,23,26)(H,24,27). The van der Waals surface area contributed by atoms with E-state index in [1.165, 1.54) is 0 Å². The lowest BCUT2D eigenvalue weighted by atomic mass is 10.2. The Labute approximate surface area is 158 Å². The van der Waals surface area contributed by atoms with Crippen LogP contribution in [0.2, 0.25) is 0 Å². The molecule has 0 bridgehead atoms. The number of rotatable bonds is 5. The van der Waals surface area contributed by atoms with E-state index in [1.807, 2.05) is 38.1 Å². The second kappa shape index (κ2) is 7.86. The van der Waals surface area contributed by atoms with Crippen molar-refractivity contribution in [1.82, 2.24) is 9.78 Å². The van der Waals surface area contributed by atoms with Crippen LogP contribution in [-0.4, -0.2) is 21.6 Å². The first-order chi connectivity index (χ1) is 13.0. The first-order valence-electron chi connectivity index (χ1n) is 8.81. The summed E-state index contributed by atoms with van der Waals surface area (Å²) in [7, 11) is 0. The average molecular weight is 362 g/mol. The van der Waals surface area contributed by atoms with Gasteiger partial charge < -0.3 is 10.6 Å². The second-order valence-electron chi connectivity index (χ2n) is 6.28. The highest BCUT2D eigenvalue weighted by Crippen LogP contribution is 2.20. The quantitative estimate of drug-likeness (QED) is 0.718. The summed E-state index contributed by atoms with van der Waals surface area (Å²) in [5, 5.41) is 10.0. The van der Waals surface area contributed by atoms with Crippen LogP contribution in [0.25, 0.3) is 5.69 Å². The van der Waals surface area contributed by atoms with Gasteiger partial charge in [0.1, 0.15) is 0 Å². The fraction of sp³-hybridized carbons (Fsp3) is 0.190. The van der Waals surface area contributed by atoms with Crippen molar-refractivity contribution in [3.05, 3.63) is 71.5 Å². The van der Waals surface area contributed by atoms with E-state index < -0.39 is 0 Å². The summed E-state index contributed by atoms with van der Waals surface area (Å²) in [6, 6.07) is 15.0. The summed E-state index contributed by atoms with van der Waals surface area (Å²) in [4.78, 5) is 24.2. The summed E-state index contributed by atoms with van der Waals surface area (Å²) < 4.78 is 1.77. The van der Waals surface area contributed by atoms with Crippen LogP contribution >= 0.6 is 0 Å². The number of nitrogens with zero attached hydrogens (tertiary/aromatic N) is 2. The van der Waals surface area contributed by atoms with E-state index in [0.717, 1.165) is 16.9 Å². The molecule has 0 saturated carbocycles. The minimum atomic E-state index is -0.244. The monoisotopic (exact) mass is 362 g/mol. The van der Waals surface area contributed by atoms with Gasteiger partial charge in [0.2, 0.25) is 5.91 Å². The van der Waals surface area contributed by atoms with E-state index in [4.69, 9.17) is 0 Å². The average Bonchev–Trinajstić information content (AvgIpc) is 3.03. The third-order valence-corrected chi connectivity index (χ3v) is 4.32. The molecule has 6 nitrogen and oxygen atoms in total. The maximum atomic E-state index is 12.7. The van der Waals surface area contributed by atoms with Gasteiger partial charge in [-0.2, -0.15) is 5.10 Å². The van der Waals surface area contributed by atoms with Crippen LogP contribution in [-0.2, 0) is 4.79 Å². The number of aryl methyl sites for hydroxylation is 1. The number of hydrogen-bond donors (Lipinski definition) is 2. The molecule has 6 heteroatoms. The van der Waals surface area contributed by atoms with Crippen LogP contribution < -0.4 is 10.6 Å². The van der Waals surface area contributed by atoms with Crippen LogP contribution in [0.5, 0.6) is 0 Å². The van der Waals surface area contributed by atoms with Crippen LogP contribution in [0.4, 0.5) is 11.4 Å². The maximum absolute atomic E-state index is 12.7. The molecule has 0 radical (unpaired) electrons. The number of aromatic nitrogens is 2. The van der Waals surface area contributed by atoms with Crippen LogP contribution in [0.15, 0.2) is 54.7 Å². The van der Waals surface area contributed by atoms with E-state index in [1.54, 1.807) is 42.1 Å². The van der Waals surface area contributed by atoms with Crippen LogP contribution in [0.1, 0.15) is 35.0 Å². The molecule has 2 N–H and O–H groups in total. The molecule has 1 aromatic heterocycles. The van der Waals surface area contributed by atoms with Gasteiger partial charge in [-0.1, -0.05) is 31.2 Å². The largest absolute Gasteiger partial charge is 0.326 e. The summed E-state index contributed by atoms with van der Waals surface area (Å²) in [5.74, 6) is -0.319. The Balaban J connectivity index is 1.81. The van der Waals surface area contributed by atoms with Gasteiger partial charge >= 0.3 is 0 Å². The fourth-order valence-electron chi connectivity index (χ4n) is 2.80.